The molecular formula is C17H16N4O3. The van der Waals surface area contributed by atoms with Crippen LogP contribution in [0.1, 0.15) is 0 Å². The van der Waals surface area contributed by atoms with E-state index in [2.05, 4.69) is 20.4 Å². The number of aromatic nitrogens is 2. The highest BCUT2D eigenvalue weighted by Crippen LogP contribution is 2.24. The van der Waals surface area contributed by atoms with Crippen molar-refractivity contribution in [2.24, 2.45) is 0 Å². The molecule has 2 amide bonds. The highest BCUT2D eigenvalue weighted by molar-refractivity contribution is 5.94. The molecule has 122 valence electrons. The van der Waals surface area contributed by atoms with Crippen LogP contribution in [0.15, 0.2) is 54.6 Å². The summed E-state index contributed by atoms with van der Waals surface area (Å²) in [5.74, 6) is -0.00745. The Hall–Kier alpha value is -3.35. The molecule has 0 unspecified atom stereocenters. The largest absolute Gasteiger partial charge is 0.453 e. The van der Waals surface area contributed by atoms with Gasteiger partial charge in [-0.2, -0.15) is 0 Å². The van der Waals surface area contributed by atoms with Crippen molar-refractivity contribution in [1.82, 2.24) is 14.9 Å². The van der Waals surface area contributed by atoms with E-state index in [1.165, 1.54) is 7.11 Å². The van der Waals surface area contributed by atoms with E-state index in [1.54, 1.807) is 0 Å². The molecule has 7 nitrogen and oxygen atoms in total. The second kappa shape index (κ2) is 6.82. The molecule has 0 bridgehead atoms. The van der Waals surface area contributed by atoms with Crippen molar-refractivity contribution in [2.75, 3.05) is 19.0 Å². The Kier molecular flexibility index (Phi) is 4.42. The number of methoxy groups -OCH3 is 1. The second-order valence-electron chi connectivity index (χ2n) is 4.99. The first-order valence-electron chi connectivity index (χ1n) is 7.33. The Morgan fingerprint density at radius 2 is 1.79 bits per heavy atom. The topological polar surface area (TPSA) is 85.2 Å². The maximum atomic E-state index is 12.1. The van der Waals surface area contributed by atoms with E-state index in [0.29, 0.717) is 5.95 Å². The molecule has 3 rings (SSSR count). The number of alkyl carbamates (subject to hydrolysis) is 1. The molecule has 0 saturated carbocycles. The van der Waals surface area contributed by atoms with E-state index in [4.69, 9.17) is 0 Å². The van der Waals surface area contributed by atoms with Crippen molar-refractivity contribution in [3.63, 3.8) is 0 Å². The SMILES string of the molecule is COC(=O)NCC(=O)Nc1nc2ccccc2n1-c1ccccc1. The fourth-order valence-electron chi connectivity index (χ4n) is 2.34. The van der Waals surface area contributed by atoms with Gasteiger partial charge in [0.15, 0.2) is 0 Å². The molecule has 0 aliphatic rings. The van der Waals surface area contributed by atoms with E-state index in [-0.39, 0.29) is 6.54 Å². The number of anilines is 1. The molecule has 2 N–H and O–H groups in total. The average Bonchev–Trinajstić information content (AvgIpc) is 2.98. The van der Waals surface area contributed by atoms with Crippen LogP contribution >= 0.6 is 0 Å². The predicted octanol–water partition coefficient (Wildman–Crippen LogP) is 2.32. The highest BCUT2D eigenvalue weighted by atomic mass is 16.5. The monoisotopic (exact) mass is 324 g/mol. The summed E-state index contributed by atoms with van der Waals surface area (Å²) in [6, 6.07) is 17.2. The molecule has 0 radical (unpaired) electrons. The minimum Gasteiger partial charge on any atom is -0.453 e. The Balaban J connectivity index is 1.93. The number of hydrogen-bond acceptors (Lipinski definition) is 4. The predicted molar refractivity (Wildman–Crippen MR) is 90.1 cm³/mol. The quantitative estimate of drug-likeness (QED) is 0.771. The van der Waals surface area contributed by atoms with Gasteiger partial charge >= 0.3 is 6.09 Å². The molecule has 1 heterocycles. The number of benzene rings is 2. The lowest BCUT2D eigenvalue weighted by Crippen LogP contribution is -2.33. The number of nitrogens with zero attached hydrogens (tertiary/aromatic N) is 2. The van der Waals surface area contributed by atoms with Crippen LogP contribution in [0.2, 0.25) is 0 Å². The van der Waals surface area contributed by atoms with Crippen LogP contribution in [0.25, 0.3) is 16.7 Å². The Bertz CT molecular complexity index is 874. The van der Waals surface area contributed by atoms with Crippen LogP contribution in [-0.2, 0) is 9.53 Å². The van der Waals surface area contributed by atoms with Crippen molar-refractivity contribution in [1.29, 1.82) is 0 Å². The van der Waals surface area contributed by atoms with Gasteiger partial charge in [-0.1, -0.05) is 30.3 Å². The van der Waals surface area contributed by atoms with Crippen molar-refractivity contribution in [3.05, 3.63) is 54.6 Å². The summed E-state index contributed by atoms with van der Waals surface area (Å²) in [6.45, 7) is -0.204. The molecule has 24 heavy (non-hydrogen) atoms. The summed E-state index contributed by atoms with van der Waals surface area (Å²) in [4.78, 5) is 27.6. The van der Waals surface area contributed by atoms with E-state index < -0.39 is 12.0 Å². The lowest BCUT2D eigenvalue weighted by Gasteiger charge is -2.10. The minimum atomic E-state index is -0.665. The summed E-state index contributed by atoms with van der Waals surface area (Å²) in [5.41, 5.74) is 2.51. The lowest BCUT2D eigenvalue weighted by molar-refractivity contribution is -0.115. The molecule has 3 aromatic rings. The molecule has 0 atom stereocenters. The smallest absolute Gasteiger partial charge is 0.407 e. The number of carbonyl (C=O) groups excluding carboxylic acids is 2. The first kappa shape index (κ1) is 15.5. The second-order valence-corrected chi connectivity index (χ2v) is 4.99. The number of amides is 2. The third-order valence-corrected chi connectivity index (χ3v) is 3.41. The number of para-hydroxylation sites is 3. The van der Waals surface area contributed by atoms with E-state index in [9.17, 15) is 9.59 Å². The molecular weight excluding hydrogens is 308 g/mol. The third kappa shape index (κ3) is 3.19. The Morgan fingerprint density at radius 1 is 1.08 bits per heavy atom. The van der Waals surface area contributed by atoms with Crippen LogP contribution < -0.4 is 10.6 Å². The van der Waals surface area contributed by atoms with Crippen molar-refractivity contribution in [3.8, 4) is 5.69 Å². The number of ether oxygens (including phenoxy) is 1. The molecule has 2 aromatic carbocycles. The van der Waals surface area contributed by atoms with Crippen LogP contribution in [0, 0.1) is 0 Å². The highest BCUT2D eigenvalue weighted by Gasteiger charge is 2.14. The zero-order valence-electron chi connectivity index (χ0n) is 13.0. The van der Waals surface area contributed by atoms with Crippen molar-refractivity contribution in [2.45, 2.75) is 0 Å². The molecule has 0 aliphatic carbocycles. The summed E-state index contributed by atoms with van der Waals surface area (Å²) >= 11 is 0. The van der Waals surface area contributed by atoms with Gasteiger partial charge in [-0.15, -0.1) is 0 Å². The molecule has 1 aromatic heterocycles. The molecule has 0 saturated heterocycles. The number of nitrogens with one attached hydrogen (secondary N) is 2. The van der Waals surface area contributed by atoms with Gasteiger partial charge in [0.2, 0.25) is 11.9 Å². The molecule has 0 aliphatic heterocycles. The van der Waals surface area contributed by atoms with Crippen molar-refractivity contribution < 1.29 is 14.3 Å². The number of rotatable bonds is 4. The fraction of sp³-hybridized carbons (Fsp3) is 0.118. The Morgan fingerprint density at radius 3 is 2.54 bits per heavy atom. The van der Waals surface area contributed by atoms with E-state index in [0.717, 1.165) is 16.7 Å². The van der Waals surface area contributed by atoms with Crippen LogP contribution in [-0.4, -0.2) is 35.2 Å². The van der Waals surface area contributed by atoms with Crippen molar-refractivity contribution >= 4 is 29.0 Å². The Labute approximate surface area is 138 Å². The van der Waals surface area contributed by atoms with Gasteiger partial charge in [-0.3, -0.25) is 14.7 Å². The minimum absolute atomic E-state index is 0.204. The first-order valence-corrected chi connectivity index (χ1v) is 7.33. The summed E-state index contributed by atoms with van der Waals surface area (Å²) in [7, 11) is 1.24. The zero-order chi connectivity index (χ0) is 16.9. The molecule has 0 spiro atoms. The first-order chi connectivity index (χ1) is 11.7. The lowest BCUT2D eigenvalue weighted by atomic mass is 10.3. The normalized spacial score (nSPS) is 10.4. The van der Waals surface area contributed by atoms with Gasteiger partial charge in [-0.05, 0) is 24.3 Å². The van der Waals surface area contributed by atoms with E-state index in [1.807, 2.05) is 59.2 Å². The fourth-order valence-corrected chi connectivity index (χ4v) is 2.34. The number of carbonyl (C=O) groups is 2. The van der Waals surface area contributed by atoms with Gasteiger partial charge in [0, 0.05) is 5.69 Å². The van der Waals surface area contributed by atoms with Gasteiger partial charge < -0.3 is 10.1 Å². The number of hydrogen-bond donors (Lipinski definition) is 2. The standard InChI is InChI=1S/C17H16N4O3/c1-24-17(23)18-11-15(22)20-16-19-13-9-5-6-10-14(13)21(16)12-7-3-2-4-8-12/h2-10H,11H2,1H3,(H,18,23)(H,19,20,22). The third-order valence-electron chi connectivity index (χ3n) is 3.41. The number of imidazole rings is 1. The summed E-state index contributed by atoms with van der Waals surface area (Å²) < 4.78 is 6.29. The maximum Gasteiger partial charge on any atom is 0.407 e. The molecule has 0 fully saturated rings. The number of fused-ring (bicyclic) bond motifs is 1. The van der Waals surface area contributed by atoms with E-state index >= 15 is 0 Å². The van der Waals surface area contributed by atoms with Crippen LogP contribution in [0.5, 0.6) is 0 Å². The van der Waals surface area contributed by atoms with Gasteiger partial charge in [0.1, 0.15) is 6.54 Å². The maximum absolute atomic E-state index is 12.1. The zero-order valence-corrected chi connectivity index (χ0v) is 13.0. The van der Waals surface area contributed by atoms with Crippen LogP contribution in [0.4, 0.5) is 10.7 Å². The van der Waals surface area contributed by atoms with Gasteiger partial charge in [-0.25, -0.2) is 9.78 Å². The van der Waals surface area contributed by atoms with Gasteiger partial charge in [0.05, 0.1) is 18.1 Å². The summed E-state index contributed by atoms with van der Waals surface area (Å²) in [5, 5.41) is 5.06. The molecule has 7 heteroatoms. The summed E-state index contributed by atoms with van der Waals surface area (Å²) in [6.07, 6.45) is -0.665. The average molecular weight is 324 g/mol. The van der Waals surface area contributed by atoms with Crippen LogP contribution in [0.3, 0.4) is 0 Å². The van der Waals surface area contributed by atoms with Gasteiger partial charge in [0.25, 0.3) is 0 Å².